The van der Waals surface area contributed by atoms with E-state index in [1.54, 1.807) is 31.2 Å². The molecule has 1 saturated heterocycles. The number of amides is 1. The molecule has 0 aromatic heterocycles. The Labute approximate surface area is 170 Å². The largest absolute Gasteiger partial charge is 0.493 e. The molecule has 29 heavy (non-hydrogen) atoms. The lowest BCUT2D eigenvalue weighted by Gasteiger charge is -2.29. The number of carbonyl (C=O) groups excluding carboxylic acids is 1. The van der Waals surface area contributed by atoms with Gasteiger partial charge in [-0.05, 0) is 29.8 Å². The topological polar surface area (TPSA) is 60.5 Å². The number of methoxy groups -OCH3 is 1. The molecule has 0 bridgehead atoms. The van der Waals surface area contributed by atoms with Crippen LogP contribution in [0.15, 0.2) is 36.4 Å². The second-order valence-electron chi connectivity index (χ2n) is 7.13. The molecule has 2 aliphatic rings. The normalized spacial score (nSPS) is 15.7. The molecule has 2 aromatic carbocycles. The number of morpholine rings is 1. The third-order valence-electron chi connectivity index (χ3n) is 5.15. The maximum atomic E-state index is 13.0. The van der Waals surface area contributed by atoms with Crippen molar-refractivity contribution in [1.82, 2.24) is 4.90 Å². The van der Waals surface area contributed by atoms with E-state index in [4.69, 9.17) is 18.9 Å². The van der Waals surface area contributed by atoms with Crippen LogP contribution in [0.1, 0.15) is 15.9 Å². The van der Waals surface area contributed by atoms with E-state index in [0.29, 0.717) is 42.6 Å². The van der Waals surface area contributed by atoms with Crippen LogP contribution >= 0.6 is 0 Å². The van der Waals surface area contributed by atoms with Gasteiger partial charge in [0.15, 0.2) is 11.5 Å². The van der Waals surface area contributed by atoms with Gasteiger partial charge in [0.2, 0.25) is 5.75 Å². The molecule has 2 heterocycles. The van der Waals surface area contributed by atoms with Gasteiger partial charge in [-0.3, -0.25) is 4.79 Å². The fourth-order valence-corrected chi connectivity index (χ4v) is 3.60. The molecule has 1 amide bonds. The Bertz CT molecular complexity index is 845. The number of hydrogen-bond donors (Lipinski definition) is 0. The molecule has 4 rings (SSSR count). The SMILES string of the molecule is COc1cc(C(=O)N(C)Cc2ccc(N3CCOCC3)cc2)cc2c1OCCO2. The van der Waals surface area contributed by atoms with Gasteiger partial charge in [0, 0.05) is 37.9 Å². The highest BCUT2D eigenvalue weighted by molar-refractivity contribution is 5.95. The first kappa shape index (κ1) is 19.4. The first-order chi connectivity index (χ1) is 14.2. The lowest BCUT2D eigenvalue weighted by Crippen LogP contribution is -2.36. The first-order valence-electron chi connectivity index (χ1n) is 9.80. The molecular formula is C22H26N2O5. The van der Waals surface area contributed by atoms with Gasteiger partial charge in [0.25, 0.3) is 5.91 Å². The highest BCUT2D eigenvalue weighted by atomic mass is 16.6. The minimum Gasteiger partial charge on any atom is -0.493 e. The summed E-state index contributed by atoms with van der Waals surface area (Å²) < 4.78 is 22.0. The quantitative estimate of drug-likeness (QED) is 0.772. The standard InChI is InChI=1S/C22H26N2O5/c1-23(15-16-3-5-18(6-4-16)24-7-9-27-10-8-24)22(25)17-13-19(26-2)21-20(14-17)28-11-12-29-21/h3-6,13-14H,7-12,15H2,1-2H3. The van der Waals surface area contributed by atoms with Crippen LogP contribution < -0.4 is 19.1 Å². The van der Waals surface area contributed by atoms with Crippen molar-refractivity contribution in [2.45, 2.75) is 6.54 Å². The summed E-state index contributed by atoms with van der Waals surface area (Å²) in [6.07, 6.45) is 0. The zero-order valence-electron chi connectivity index (χ0n) is 16.8. The van der Waals surface area contributed by atoms with Crippen LogP contribution in [0.4, 0.5) is 5.69 Å². The molecular weight excluding hydrogens is 372 g/mol. The van der Waals surface area contributed by atoms with Crippen LogP contribution in [0.2, 0.25) is 0 Å². The molecule has 154 valence electrons. The third-order valence-corrected chi connectivity index (χ3v) is 5.15. The number of anilines is 1. The predicted octanol–water partition coefficient (Wildman–Crippen LogP) is 2.58. The van der Waals surface area contributed by atoms with Crippen LogP contribution in [-0.4, -0.2) is 64.5 Å². The van der Waals surface area contributed by atoms with Gasteiger partial charge in [-0.15, -0.1) is 0 Å². The van der Waals surface area contributed by atoms with E-state index in [1.807, 2.05) is 0 Å². The molecule has 2 aromatic rings. The van der Waals surface area contributed by atoms with Crippen LogP contribution in [0.5, 0.6) is 17.2 Å². The Balaban J connectivity index is 1.45. The minimum atomic E-state index is -0.0995. The monoisotopic (exact) mass is 398 g/mol. The minimum absolute atomic E-state index is 0.0995. The molecule has 0 radical (unpaired) electrons. The lowest BCUT2D eigenvalue weighted by atomic mass is 10.1. The number of rotatable bonds is 5. The molecule has 2 aliphatic heterocycles. The summed E-state index contributed by atoms with van der Waals surface area (Å²) in [5, 5.41) is 0. The van der Waals surface area contributed by atoms with E-state index in [1.165, 1.54) is 5.69 Å². The van der Waals surface area contributed by atoms with Crippen molar-refractivity contribution in [3.8, 4) is 17.2 Å². The summed E-state index contributed by atoms with van der Waals surface area (Å²) in [5.74, 6) is 1.50. The number of benzene rings is 2. The van der Waals surface area contributed by atoms with E-state index in [2.05, 4.69) is 29.2 Å². The Morgan fingerprint density at radius 1 is 1.07 bits per heavy atom. The van der Waals surface area contributed by atoms with Crippen molar-refractivity contribution in [2.75, 3.05) is 58.6 Å². The van der Waals surface area contributed by atoms with Crippen molar-refractivity contribution in [1.29, 1.82) is 0 Å². The Hall–Kier alpha value is -2.93. The first-order valence-corrected chi connectivity index (χ1v) is 9.80. The van der Waals surface area contributed by atoms with Crippen LogP contribution in [0.3, 0.4) is 0 Å². The second kappa shape index (κ2) is 8.61. The highest BCUT2D eigenvalue weighted by Gasteiger charge is 2.22. The fourth-order valence-electron chi connectivity index (χ4n) is 3.60. The van der Waals surface area contributed by atoms with Gasteiger partial charge in [0.1, 0.15) is 13.2 Å². The van der Waals surface area contributed by atoms with E-state index in [9.17, 15) is 4.79 Å². The van der Waals surface area contributed by atoms with Gasteiger partial charge in [-0.1, -0.05) is 12.1 Å². The molecule has 0 N–H and O–H groups in total. The fraction of sp³-hybridized carbons (Fsp3) is 0.409. The number of nitrogens with zero attached hydrogens (tertiary/aromatic N) is 2. The Morgan fingerprint density at radius 3 is 2.52 bits per heavy atom. The molecule has 0 spiro atoms. The van der Waals surface area contributed by atoms with Crippen molar-refractivity contribution < 1.29 is 23.7 Å². The van der Waals surface area contributed by atoms with E-state index in [-0.39, 0.29) is 5.91 Å². The maximum absolute atomic E-state index is 13.0. The predicted molar refractivity (Wildman–Crippen MR) is 109 cm³/mol. The summed E-state index contributed by atoms with van der Waals surface area (Å²) in [7, 11) is 3.35. The number of carbonyl (C=O) groups is 1. The molecule has 0 aliphatic carbocycles. The molecule has 7 nitrogen and oxygen atoms in total. The van der Waals surface area contributed by atoms with Crippen LogP contribution in [0, 0.1) is 0 Å². The zero-order chi connectivity index (χ0) is 20.2. The Kier molecular flexibility index (Phi) is 5.76. The van der Waals surface area contributed by atoms with Crippen molar-refractivity contribution in [3.63, 3.8) is 0 Å². The average molecular weight is 398 g/mol. The molecule has 0 atom stereocenters. The van der Waals surface area contributed by atoms with E-state index in [0.717, 1.165) is 31.9 Å². The highest BCUT2D eigenvalue weighted by Crippen LogP contribution is 2.40. The van der Waals surface area contributed by atoms with Crippen molar-refractivity contribution in [2.24, 2.45) is 0 Å². The van der Waals surface area contributed by atoms with Crippen molar-refractivity contribution in [3.05, 3.63) is 47.5 Å². The molecule has 7 heteroatoms. The third kappa shape index (κ3) is 4.24. The van der Waals surface area contributed by atoms with Crippen LogP contribution in [-0.2, 0) is 11.3 Å². The number of hydrogen-bond acceptors (Lipinski definition) is 6. The van der Waals surface area contributed by atoms with Gasteiger partial charge in [0.05, 0.1) is 20.3 Å². The molecule has 0 saturated carbocycles. The number of fused-ring (bicyclic) bond motifs is 1. The summed E-state index contributed by atoms with van der Waals surface area (Å²) in [6, 6.07) is 11.8. The molecule has 1 fully saturated rings. The van der Waals surface area contributed by atoms with Gasteiger partial charge < -0.3 is 28.7 Å². The van der Waals surface area contributed by atoms with Crippen LogP contribution in [0.25, 0.3) is 0 Å². The smallest absolute Gasteiger partial charge is 0.254 e. The second-order valence-corrected chi connectivity index (χ2v) is 7.13. The summed E-state index contributed by atoms with van der Waals surface area (Å²) in [5.41, 5.74) is 2.77. The Morgan fingerprint density at radius 2 is 1.79 bits per heavy atom. The average Bonchev–Trinajstić information content (AvgIpc) is 2.78. The summed E-state index contributed by atoms with van der Waals surface area (Å²) >= 11 is 0. The van der Waals surface area contributed by atoms with Gasteiger partial charge in [-0.25, -0.2) is 0 Å². The van der Waals surface area contributed by atoms with Crippen molar-refractivity contribution >= 4 is 11.6 Å². The zero-order valence-corrected chi connectivity index (χ0v) is 16.8. The number of ether oxygens (including phenoxy) is 4. The molecule has 0 unspecified atom stereocenters. The van der Waals surface area contributed by atoms with E-state index >= 15 is 0 Å². The van der Waals surface area contributed by atoms with E-state index < -0.39 is 0 Å². The van der Waals surface area contributed by atoms with Gasteiger partial charge >= 0.3 is 0 Å². The van der Waals surface area contributed by atoms with Gasteiger partial charge in [-0.2, -0.15) is 0 Å². The summed E-state index contributed by atoms with van der Waals surface area (Å²) in [6.45, 7) is 4.78. The lowest BCUT2D eigenvalue weighted by molar-refractivity contribution is 0.0783. The summed E-state index contributed by atoms with van der Waals surface area (Å²) in [4.78, 5) is 17.0. The maximum Gasteiger partial charge on any atom is 0.254 e.